The molecule has 0 unspecified atom stereocenters. The Morgan fingerprint density at radius 3 is 2.05 bits per heavy atom. The van der Waals surface area contributed by atoms with Crippen LogP contribution in [0.5, 0.6) is 0 Å². The Balaban J connectivity index is 2.57. The number of nitrogen functional groups attached to an aromatic ring is 1. The largest absolute Gasteiger partial charge is 0.399 e. The zero-order valence-corrected chi connectivity index (χ0v) is 14.5. The van der Waals surface area contributed by atoms with Crippen molar-refractivity contribution in [2.24, 2.45) is 0 Å². The van der Waals surface area contributed by atoms with Gasteiger partial charge in [-0.2, -0.15) is 0 Å². The van der Waals surface area contributed by atoms with Gasteiger partial charge < -0.3 is 5.73 Å². The van der Waals surface area contributed by atoms with Gasteiger partial charge in [0.1, 0.15) is 4.90 Å². The van der Waals surface area contributed by atoms with Gasteiger partial charge in [-0.1, -0.05) is 18.2 Å². The lowest BCUT2D eigenvalue weighted by Gasteiger charge is -2.21. The maximum absolute atomic E-state index is 12.7. The van der Waals surface area contributed by atoms with Gasteiger partial charge in [0.2, 0.25) is 0 Å². The monoisotopic (exact) mass is 418 g/mol. The van der Waals surface area contributed by atoms with E-state index in [1.807, 2.05) is 6.07 Å². The fourth-order valence-corrected chi connectivity index (χ4v) is 5.47. The van der Waals surface area contributed by atoms with Crippen LogP contribution in [0.3, 0.4) is 0 Å². The van der Waals surface area contributed by atoms with E-state index < -0.39 is 10.0 Å². The second-order valence-corrected chi connectivity index (χ2v) is 7.74. The first-order valence-electron chi connectivity index (χ1n) is 5.62. The van der Waals surface area contributed by atoms with E-state index in [1.165, 1.54) is 11.4 Å². The molecule has 0 fully saturated rings. The minimum atomic E-state index is -3.69. The summed E-state index contributed by atoms with van der Waals surface area (Å²) < 4.78 is 27.5. The summed E-state index contributed by atoms with van der Waals surface area (Å²) in [5.74, 6) is 0. The molecule has 106 valence electrons. The first-order valence-corrected chi connectivity index (χ1v) is 8.65. The summed E-state index contributed by atoms with van der Waals surface area (Å²) in [5.41, 5.74) is 6.75. The number of para-hydroxylation sites is 1. The molecule has 0 spiro atoms. The van der Waals surface area contributed by atoms with Crippen molar-refractivity contribution in [3.05, 3.63) is 51.4 Å². The van der Waals surface area contributed by atoms with Crippen molar-refractivity contribution in [1.82, 2.24) is 0 Å². The highest BCUT2D eigenvalue weighted by Crippen LogP contribution is 2.35. The molecule has 0 atom stereocenters. The molecule has 0 aliphatic heterocycles. The topological polar surface area (TPSA) is 63.4 Å². The predicted molar refractivity (Wildman–Crippen MR) is 88.3 cm³/mol. The molecule has 4 nitrogen and oxygen atoms in total. The third-order valence-corrected chi connectivity index (χ3v) is 6.42. The molecule has 0 heterocycles. The van der Waals surface area contributed by atoms with Gasteiger partial charge in [-0.15, -0.1) is 0 Å². The molecule has 7 heteroatoms. The summed E-state index contributed by atoms with van der Waals surface area (Å²) in [6, 6.07) is 12.0. The lowest BCUT2D eigenvalue weighted by atomic mass is 10.3. The van der Waals surface area contributed by atoms with Gasteiger partial charge in [-0.25, -0.2) is 8.42 Å². The Labute approximate surface area is 134 Å². The molecule has 0 aromatic heterocycles. The minimum absolute atomic E-state index is 0.151. The summed E-state index contributed by atoms with van der Waals surface area (Å²) in [5, 5.41) is 0. The van der Waals surface area contributed by atoms with Crippen LogP contribution in [0.2, 0.25) is 0 Å². The van der Waals surface area contributed by atoms with E-state index in [9.17, 15) is 8.42 Å². The number of sulfonamides is 1. The molecule has 2 aromatic carbocycles. The molecule has 0 amide bonds. The fraction of sp³-hybridized carbons (Fsp3) is 0.0769. The zero-order chi connectivity index (χ0) is 14.9. The highest BCUT2D eigenvalue weighted by molar-refractivity contribution is 9.11. The predicted octanol–water partition coefficient (Wildman–Crippen LogP) is 3.62. The van der Waals surface area contributed by atoms with Crippen LogP contribution < -0.4 is 10.0 Å². The number of nitrogens with zero attached hydrogens (tertiary/aromatic N) is 1. The molecular weight excluding hydrogens is 408 g/mol. The van der Waals surface area contributed by atoms with Crippen LogP contribution in [0.25, 0.3) is 0 Å². The Morgan fingerprint density at radius 1 is 1.05 bits per heavy atom. The molecule has 2 rings (SSSR count). The zero-order valence-electron chi connectivity index (χ0n) is 10.5. The Bertz CT molecular complexity index is 710. The van der Waals surface area contributed by atoms with Gasteiger partial charge in [0.25, 0.3) is 10.0 Å². The van der Waals surface area contributed by atoms with Crippen molar-refractivity contribution >= 4 is 53.3 Å². The standard InChI is InChI=1S/C13H12Br2N2O2S/c1-17(10-5-3-2-4-6-10)20(18,19)13-11(14)7-9(16)8-12(13)15/h2-8H,16H2,1H3. The molecular formula is C13H12Br2N2O2S. The SMILES string of the molecule is CN(c1ccccc1)S(=O)(=O)c1c(Br)cc(N)cc1Br. The van der Waals surface area contributed by atoms with Gasteiger partial charge in [0.05, 0.1) is 5.69 Å². The number of rotatable bonds is 3. The Morgan fingerprint density at radius 2 is 1.55 bits per heavy atom. The average Bonchev–Trinajstić information content (AvgIpc) is 2.37. The lowest BCUT2D eigenvalue weighted by molar-refractivity contribution is 0.593. The summed E-state index contributed by atoms with van der Waals surface area (Å²) in [7, 11) is -2.17. The van der Waals surface area contributed by atoms with Gasteiger partial charge >= 0.3 is 0 Å². The van der Waals surface area contributed by atoms with E-state index >= 15 is 0 Å². The molecule has 0 bridgehead atoms. The molecule has 0 radical (unpaired) electrons. The van der Waals surface area contributed by atoms with Crippen LogP contribution in [0, 0.1) is 0 Å². The number of hydrogen-bond acceptors (Lipinski definition) is 3. The molecule has 0 aliphatic rings. The van der Waals surface area contributed by atoms with E-state index in [2.05, 4.69) is 31.9 Å². The van der Waals surface area contributed by atoms with Gasteiger partial charge in [-0.3, -0.25) is 4.31 Å². The molecule has 0 aliphatic carbocycles. The van der Waals surface area contributed by atoms with Crippen molar-refractivity contribution in [3.63, 3.8) is 0 Å². The van der Waals surface area contributed by atoms with Gasteiger partial charge in [-0.05, 0) is 56.1 Å². The van der Waals surface area contributed by atoms with Crippen molar-refractivity contribution in [3.8, 4) is 0 Å². The maximum atomic E-state index is 12.7. The van der Waals surface area contributed by atoms with Crippen molar-refractivity contribution < 1.29 is 8.42 Å². The van der Waals surface area contributed by atoms with E-state index in [0.29, 0.717) is 20.3 Å². The number of nitrogens with two attached hydrogens (primary N) is 1. The third kappa shape index (κ3) is 2.84. The summed E-state index contributed by atoms with van der Waals surface area (Å²) in [4.78, 5) is 0.151. The van der Waals surface area contributed by atoms with Crippen LogP contribution >= 0.6 is 31.9 Å². The maximum Gasteiger partial charge on any atom is 0.266 e. The number of anilines is 2. The highest BCUT2D eigenvalue weighted by Gasteiger charge is 2.26. The Kier molecular flexibility index (Phi) is 4.41. The minimum Gasteiger partial charge on any atom is -0.399 e. The van der Waals surface area contributed by atoms with Crippen molar-refractivity contribution in [2.45, 2.75) is 4.90 Å². The van der Waals surface area contributed by atoms with E-state index in [-0.39, 0.29) is 4.90 Å². The van der Waals surface area contributed by atoms with Crippen LogP contribution in [0.4, 0.5) is 11.4 Å². The normalized spacial score (nSPS) is 11.3. The Hall–Kier alpha value is -1.05. The van der Waals surface area contributed by atoms with E-state index in [1.54, 1.807) is 36.4 Å². The van der Waals surface area contributed by atoms with E-state index in [4.69, 9.17) is 5.73 Å². The second kappa shape index (κ2) is 5.75. The average molecular weight is 420 g/mol. The van der Waals surface area contributed by atoms with Crippen molar-refractivity contribution in [1.29, 1.82) is 0 Å². The summed E-state index contributed by atoms with van der Waals surface area (Å²) >= 11 is 6.52. The third-order valence-electron chi connectivity index (χ3n) is 2.76. The quantitative estimate of drug-likeness (QED) is 0.772. The van der Waals surface area contributed by atoms with Crippen LogP contribution in [-0.2, 0) is 10.0 Å². The number of hydrogen-bond donors (Lipinski definition) is 1. The summed E-state index contributed by atoms with van der Waals surface area (Å²) in [6.07, 6.45) is 0. The van der Waals surface area contributed by atoms with Crippen molar-refractivity contribution in [2.75, 3.05) is 17.1 Å². The van der Waals surface area contributed by atoms with Crippen LogP contribution in [0.1, 0.15) is 0 Å². The molecule has 0 saturated heterocycles. The molecule has 2 aromatic rings. The van der Waals surface area contributed by atoms with Gasteiger partial charge in [0.15, 0.2) is 0 Å². The number of halogens is 2. The van der Waals surface area contributed by atoms with E-state index in [0.717, 1.165) is 0 Å². The molecule has 0 saturated carbocycles. The second-order valence-electron chi connectivity index (χ2n) is 4.12. The summed E-state index contributed by atoms with van der Waals surface area (Å²) in [6.45, 7) is 0. The molecule has 20 heavy (non-hydrogen) atoms. The lowest BCUT2D eigenvalue weighted by Crippen LogP contribution is -2.27. The smallest absolute Gasteiger partial charge is 0.266 e. The van der Waals surface area contributed by atoms with Crippen LogP contribution in [-0.4, -0.2) is 15.5 Å². The van der Waals surface area contributed by atoms with Crippen LogP contribution in [0.15, 0.2) is 56.3 Å². The fourth-order valence-electron chi connectivity index (χ4n) is 1.74. The van der Waals surface area contributed by atoms with Gasteiger partial charge in [0, 0.05) is 21.7 Å². The highest BCUT2D eigenvalue weighted by atomic mass is 79.9. The first-order chi connectivity index (χ1) is 9.34. The molecule has 2 N–H and O–H groups in total. The first kappa shape index (κ1) is 15.3. The number of benzene rings is 2.